The molecule has 1 aliphatic heterocycles. The van der Waals surface area contributed by atoms with Crippen molar-refractivity contribution < 1.29 is 9.53 Å². The molecular weight excluding hydrogens is 486 g/mol. The van der Waals surface area contributed by atoms with Gasteiger partial charge in [0.25, 0.3) is 0 Å². The largest absolute Gasteiger partial charge is 0.475 e. The first-order valence-corrected chi connectivity index (χ1v) is 14.0. The molecule has 39 heavy (non-hydrogen) atoms. The lowest BCUT2D eigenvalue weighted by Gasteiger charge is -2.24. The quantitative estimate of drug-likeness (QED) is 0.313. The third-order valence-corrected chi connectivity index (χ3v) is 6.90. The summed E-state index contributed by atoms with van der Waals surface area (Å²) in [6, 6.07) is 10.1. The van der Waals surface area contributed by atoms with Gasteiger partial charge in [0.05, 0.1) is 22.3 Å². The lowest BCUT2D eigenvalue weighted by atomic mass is 9.93. The fourth-order valence-corrected chi connectivity index (χ4v) is 5.01. The molecule has 0 saturated carbocycles. The van der Waals surface area contributed by atoms with Crippen LogP contribution in [0.25, 0.3) is 11.1 Å². The van der Waals surface area contributed by atoms with Crippen LogP contribution in [0, 0.1) is 0 Å². The Bertz CT molecular complexity index is 1400. The maximum absolute atomic E-state index is 14.2. The molecule has 7 heteroatoms. The standard InChI is InChI=1S/C32H45N5O2/c1-19(2)24-17-23(34-36(24)30(5,6)7)28(38)26-25(27(20(3)4)37(35-26)31(8,9)10)21-13-15-22(16-14-21)29-33-32(11,12)18-39-29/h13-17,19-20H,18H2,1-12H3. The highest BCUT2D eigenvalue weighted by molar-refractivity contribution is 6.11. The summed E-state index contributed by atoms with van der Waals surface area (Å²) in [5.74, 6) is 0.879. The number of hydrogen-bond acceptors (Lipinski definition) is 5. The zero-order chi connectivity index (χ0) is 29.1. The minimum Gasteiger partial charge on any atom is -0.475 e. The molecular formula is C32H45N5O2. The highest BCUT2D eigenvalue weighted by Gasteiger charge is 2.33. The van der Waals surface area contributed by atoms with E-state index in [4.69, 9.17) is 19.9 Å². The van der Waals surface area contributed by atoms with Gasteiger partial charge in [-0.3, -0.25) is 14.2 Å². The number of benzene rings is 1. The Morgan fingerprint density at radius 3 is 1.87 bits per heavy atom. The number of nitrogens with zero attached hydrogens (tertiary/aromatic N) is 5. The first-order chi connectivity index (χ1) is 17.9. The number of carbonyl (C=O) groups excluding carboxylic acids is 1. The molecule has 7 nitrogen and oxygen atoms in total. The summed E-state index contributed by atoms with van der Waals surface area (Å²) in [5, 5.41) is 9.82. The number of ether oxygens (including phenoxy) is 1. The van der Waals surface area contributed by atoms with Gasteiger partial charge in [0, 0.05) is 16.8 Å². The van der Waals surface area contributed by atoms with Crippen LogP contribution in [-0.4, -0.2) is 43.4 Å². The van der Waals surface area contributed by atoms with Gasteiger partial charge in [-0.2, -0.15) is 10.2 Å². The van der Waals surface area contributed by atoms with Crippen molar-refractivity contribution in [1.82, 2.24) is 19.6 Å². The molecule has 0 radical (unpaired) electrons. The lowest BCUT2D eigenvalue weighted by molar-refractivity contribution is 0.102. The van der Waals surface area contributed by atoms with Crippen molar-refractivity contribution in [3.8, 4) is 11.1 Å². The smallest absolute Gasteiger partial charge is 0.234 e. The molecule has 2 aromatic heterocycles. The molecule has 0 atom stereocenters. The maximum atomic E-state index is 14.2. The molecule has 0 amide bonds. The number of aromatic nitrogens is 4. The average Bonchev–Trinajstić information content (AvgIpc) is 3.53. The molecule has 0 unspecified atom stereocenters. The molecule has 0 bridgehead atoms. The van der Waals surface area contributed by atoms with Crippen molar-refractivity contribution in [2.75, 3.05) is 6.61 Å². The van der Waals surface area contributed by atoms with Crippen molar-refractivity contribution in [3.63, 3.8) is 0 Å². The van der Waals surface area contributed by atoms with Gasteiger partial charge < -0.3 is 4.74 Å². The Balaban J connectivity index is 1.90. The Labute approximate surface area is 233 Å². The summed E-state index contributed by atoms with van der Waals surface area (Å²) in [4.78, 5) is 18.9. The highest BCUT2D eigenvalue weighted by atomic mass is 16.5. The molecule has 1 aromatic carbocycles. The van der Waals surface area contributed by atoms with Gasteiger partial charge in [-0.05, 0) is 91.0 Å². The normalized spacial score (nSPS) is 15.7. The van der Waals surface area contributed by atoms with E-state index in [2.05, 4.69) is 83.1 Å². The zero-order valence-corrected chi connectivity index (χ0v) is 25.8. The summed E-state index contributed by atoms with van der Waals surface area (Å²) in [6.07, 6.45) is 0. The molecule has 210 valence electrons. The van der Waals surface area contributed by atoms with E-state index in [-0.39, 0.29) is 34.2 Å². The topological polar surface area (TPSA) is 74.3 Å². The minimum absolute atomic E-state index is 0.148. The zero-order valence-electron chi connectivity index (χ0n) is 25.8. The van der Waals surface area contributed by atoms with E-state index >= 15 is 0 Å². The van der Waals surface area contributed by atoms with E-state index < -0.39 is 0 Å². The van der Waals surface area contributed by atoms with E-state index in [9.17, 15) is 4.79 Å². The van der Waals surface area contributed by atoms with E-state index in [1.54, 1.807) is 0 Å². The number of aliphatic imine (C=N–C) groups is 1. The molecule has 0 aliphatic carbocycles. The van der Waals surface area contributed by atoms with Crippen LogP contribution in [0.2, 0.25) is 0 Å². The molecule has 4 rings (SSSR count). The van der Waals surface area contributed by atoms with Crippen molar-refractivity contribution in [2.24, 2.45) is 4.99 Å². The monoisotopic (exact) mass is 531 g/mol. The number of carbonyl (C=O) groups is 1. The molecule has 3 heterocycles. The predicted octanol–water partition coefficient (Wildman–Crippen LogP) is 7.29. The van der Waals surface area contributed by atoms with Crippen LogP contribution >= 0.6 is 0 Å². The van der Waals surface area contributed by atoms with Crippen LogP contribution in [0.4, 0.5) is 0 Å². The third-order valence-electron chi connectivity index (χ3n) is 6.90. The van der Waals surface area contributed by atoms with E-state index in [1.807, 2.05) is 39.7 Å². The van der Waals surface area contributed by atoms with Gasteiger partial charge in [0.2, 0.25) is 11.7 Å². The summed E-state index contributed by atoms with van der Waals surface area (Å²) >= 11 is 0. The van der Waals surface area contributed by atoms with Crippen LogP contribution in [-0.2, 0) is 15.8 Å². The first-order valence-electron chi connectivity index (χ1n) is 14.0. The molecule has 0 saturated heterocycles. The Kier molecular flexibility index (Phi) is 7.20. The van der Waals surface area contributed by atoms with Gasteiger partial charge >= 0.3 is 0 Å². The van der Waals surface area contributed by atoms with Crippen LogP contribution < -0.4 is 0 Å². The van der Waals surface area contributed by atoms with E-state index in [0.29, 0.717) is 23.9 Å². The van der Waals surface area contributed by atoms with Gasteiger partial charge in [-0.15, -0.1) is 0 Å². The van der Waals surface area contributed by atoms with Crippen LogP contribution in [0.15, 0.2) is 35.3 Å². The van der Waals surface area contributed by atoms with Crippen molar-refractivity contribution in [2.45, 2.75) is 112 Å². The van der Waals surface area contributed by atoms with Crippen LogP contribution in [0.3, 0.4) is 0 Å². The second-order valence-corrected chi connectivity index (χ2v) is 14.0. The van der Waals surface area contributed by atoms with Gasteiger partial charge in [0.1, 0.15) is 18.0 Å². The van der Waals surface area contributed by atoms with E-state index in [0.717, 1.165) is 28.1 Å². The maximum Gasteiger partial charge on any atom is 0.234 e. The molecule has 0 fully saturated rings. The second kappa shape index (κ2) is 9.76. The van der Waals surface area contributed by atoms with Crippen molar-refractivity contribution in [1.29, 1.82) is 0 Å². The third kappa shape index (κ3) is 5.59. The number of rotatable bonds is 6. The molecule has 0 N–H and O–H groups in total. The fraction of sp³-hybridized carbons (Fsp3) is 0.562. The number of hydrogen-bond donors (Lipinski definition) is 0. The summed E-state index contributed by atoms with van der Waals surface area (Å²) in [7, 11) is 0. The second-order valence-electron chi connectivity index (χ2n) is 14.0. The summed E-state index contributed by atoms with van der Waals surface area (Å²) in [6.45, 7) is 25.9. The van der Waals surface area contributed by atoms with Gasteiger partial charge in [-0.25, -0.2) is 4.99 Å². The van der Waals surface area contributed by atoms with Gasteiger partial charge in [0.15, 0.2) is 0 Å². The summed E-state index contributed by atoms with van der Waals surface area (Å²) < 4.78 is 9.86. The highest BCUT2D eigenvalue weighted by Crippen LogP contribution is 2.37. The molecule has 1 aliphatic rings. The Morgan fingerprint density at radius 2 is 1.44 bits per heavy atom. The van der Waals surface area contributed by atoms with Crippen molar-refractivity contribution in [3.05, 3.63) is 58.7 Å². The van der Waals surface area contributed by atoms with Crippen LogP contribution in [0.1, 0.15) is 128 Å². The first kappa shape index (κ1) is 28.8. The van der Waals surface area contributed by atoms with Gasteiger partial charge in [-0.1, -0.05) is 39.8 Å². The number of ketones is 1. The predicted molar refractivity (Wildman–Crippen MR) is 158 cm³/mol. The molecule has 3 aromatic rings. The van der Waals surface area contributed by atoms with Crippen LogP contribution in [0.5, 0.6) is 0 Å². The summed E-state index contributed by atoms with van der Waals surface area (Å²) in [5.41, 5.74) is 4.89. The molecule has 0 spiro atoms. The Morgan fingerprint density at radius 1 is 0.872 bits per heavy atom. The average molecular weight is 532 g/mol. The SMILES string of the molecule is CC(C)c1cc(C(=O)c2nn(C(C)(C)C)c(C(C)C)c2-c2ccc(C3=NC(C)(C)CO3)cc2)nn1C(C)(C)C. The van der Waals surface area contributed by atoms with E-state index in [1.165, 1.54) is 0 Å². The lowest BCUT2D eigenvalue weighted by Crippen LogP contribution is -2.26. The van der Waals surface area contributed by atoms with Crippen molar-refractivity contribution >= 4 is 11.7 Å². The fourth-order valence-electron chi connectivity index (χ4n) is 5.01. The Hall–Kier alpha value is -3.22. The minimum atomic E-state index is -0.307.